The maximum absolute atomic E-state index is 12.6. The van der Waals surface area contributed by atoms with Crippen LogP contribution < -0.4 is 16.0 Å². The summed E-state index contributed by atoms with van der Waals surface area (Å²) in [5, 5.41) is 18.7. The van der Waals surface area contributed by atoms with E-state index in [1.165, 1.54) is 31.3 Å². The number of nitrogens with one attached hydrogen (secondary N) is 3. The molecule has 6 aromatic rings. The first-order valence-corrected chi connectivity index (χ1v) is 19.3. The molecule has 13 nitrogen and oxygen atoms in total. The van der Waals surface area contributed by atoms with Crippen LogP contribution in [-0.4, -0.2) is 69.8 Å². The molecule has 296 valence electrons. The van der Waals surface area contributed by atoms with Crippen molar-refractivity contribution in [1.29, 1.82) is 0 Å². The number of anilines is 2. The molecular formula is C44H34Cl2N6O7. The molecule has 7 heterocycles. The Balaban J connectivity index is 0.000000169. The number of benzene rings is 2. The maximum Gasteiger partial charge on any atom is 0.337 e. The maximum atomic E-state index is 12.6. The minimum atomic E-state index is -1.07. The zero-order chi connectivity index (χ0) is 41.0. The smallest absolute Gasteiger partial charge is 0.337 e. The lowest BCUT2D eigenvalue weighted by Crippen LogP contribution is -2.33. The first-order chi connectivity index (χ1) is 28.6. The molecule has 0 atom stereocenters. The van der Waals surface area contributed by atoms with Gasteiger partial charge in [0.05, 0.1) is 22.3 Å². The Morgan fingerprint density at radius 1 is 0.712 bits per heavy atom. The summed E-state index contributed by atoms with van der Waals surface area (Å²) in [4.78, 5) is 58.7. The normalized spacial score (nSPS) is 15.7. The molecule has 3 amide bonds. The fourth-order valence-corrected chi connectivity index (χ4v) is 7.23. The van der Waals surface area contributed by atoms with E-state index < -0.39 is 5.97 Å². The van der Waals surface area contributed by atoms with Gasteiger partial charge in [-0.2, -0.15) is 0 Å². The van der Waals surface area contributed by atoms with Crippen LogP contribution in [-0.2, 0) is 9.59 Å². The first kappa shape index (κ1) is 39.0. The summed E-state index contributed by atoms with van der Waals surface area (Å²) in [5.74, 6) is 0.317. The van der Waals surface area contributed by atoms with Crippen LogP contribution in [0.15, 0.2) is 106 Å². The molecule has 0 saturated carbocycles. The van der Waals surface area contributed by atoms with Gasteiger partial charge in [-0.25, -0.2) is 4.79 Å². The second-order valence-electron chi connectivity index (χ2n) is 13.8. The molecule has 59 heavy (non-hydrogen) atoms. The highest BCUT2D eigenvalue weighted by Crippen LogP contribution is 2.37. The molecule has 0 unspecified atom stereocenters. The van der Waals surface area contributed by atoms with Crippen molar-refractivity contribution < 1.29 is 33.1 Å². The Bertz CT molecular complexity index is 2690. The van der Waals surface area contributed by atoms with Crippen LogP contribution >= 0.6 is 23.2 Å². The Morgan fingerprint density at radius 2 is 1.22 bits per heavy atom. The Hall–Kier alpha value is -6.80. The number of likely N-dealkylation sites (tertiary alicyclic amines) is 1. The number of carboxylic acid groups (broad SMARTS) is 1. The number of aromatic nitrogens is 2. The number of halogens is 2. The van der Waals surface area contributed by atoms with Gasteiger partial charge < -0.3 is 34.8 Å². The summed E-state index contributed by atoms with van der Waals surface area (Å²) < 4.78 is 11.7. The molecule has 1 fully saturated rings. The van der Waals surface area contributed by atoms with Crippen LogP contribution in [0.2, 0.25) is 10.0 Å². The minimum absolute atomic E-state index is 0.0672. The number of pyridine rings is 2. The van der Waals surface area contributed by atoms with Gasteiger partial charge in [0.25, 0.3) is 17.7 Å². The van der Waals surface area contributed by atoms with E-state index in [-0.39, 0.29) is 23.3 Å². The van der Waals surface area contributed by atoms with Crippen molar-refractivity contribution in [1.82, 2.24) is 20.2 Å². The third kappa shape index (κ3) is 8.87. The van der Waals surface area contributed by atoms with Crippen molar-refractivity contribution in [3.63, 3.8) is 0 Å². The molecule has 1 saturated heterocycles. The van der Waals surface area contributed by atoms with Gasteiger partial charge in [0.15, 0.2) is 0 Å². The molecule has 15 heteroatoms. The monoisotopic (exact) mass is 828 g/mol. The van der Waals surface area contributed by atoms with Crippen molar-refractivity contribution in [3.8, 4) is 22.6 Å². The molecular weight excluding hydrogens is 795 g/mol. The van der Waals surface area contributed by atoms with E-state index in [0.717, 1.165) is 30.9 Å². The second kappa shape index (κ2) is 17.0. The molecule has 3 aliphatic rings. The Kier molecular flexibility index (Phi) is 11.2. The molecule has 0 aliphatic carbocycles. The Morgan fingerprint density at radius 3 is 1.75 bits per heavy atom. The Labute approximate surface area is 347 Å². The molecule has 4 aromatic heterocycles. The molecule has 0 bridgehead atoms. The summed E-state index contributed by atoms with van der Waals surface area (Å²) in [7, 11) is 0. The van der Waals surface area contributed by atoms with Gasteiger partial charge in [0.1, 0.15) is 23.0 Å². The van der Waals surface area contributed by atoms with Crippen LogP contribution in [0.1, 0.15) is 56.2 Å². The second-order valence-corrected chi connectivity index (χ2v) is 14.7. The number of carbonyl (C=O) groups excluding carboxylic acids is 3. The van der Waals surface area contributed by atoms with Crippen molar-refractivity contribution in [3.05, 3.63) is 141 Å². The van der Waals surface area contributed by atoms with Crippen LogP contribution in [0.3, 0.4) is 0 Å². The van der Waals surface area contributed by atoms with E-state index >= 15 is 0 Å². The largest absolute Gasteiger partial charge is 0.478 e. The zero-order valence-electron chi connectivity index (χ0n) is 31.1. The van der Waals surface area contributed by atoms with Gasteiger partial charge in [-0.1, -0.05) is 23.2 Å². The van der Waals surface area contributed by atoms with Gasteiger partial charge in [-0.15, -0.1) is 0 Å². The highest BCUT2D eigenvalue weighted by Gasteiger charge is 2.26. The number of furan rings is 2. The van der Waals surface area contributed by atoms with E-state index in [0.29, 0.717) is 78.7 Å². The number of carbonyl (C=O) groups is 4. The summed E-state index contributed by atoms with van der Waals surface area (Å²) >= 11 is 12.1. The molecule has 3 aliphatic heterocycles. The van der Waals surface area contributed by atoms with E-state index in [1.807, 2.05) is 0 Å². The number of nitrogens with zero attached hydrogens (tertiary/aromatic N) is 3. The van der Waals surface area contributed by atoms with Crippen molar-refractivity contribution >= 4 is 81.6 Å². The van der Waals surface area contributed by atoms with Crippen LogP contribution in [0.25, 0.3) is 45.9 Å². The van der Waals surface area contributed by atoms with Gasteiger partial charge >= 0.3 is 5.97 Å². The average molecular weight is 830 g/mol. The summed E-state index contributed by atoms with van der Waals surface area (Å²) in [6.45, 7) is 3.67. The lowest BCUT2D eigenvalue weighted by Gasteiger charge is -2.14. The third-order valence-electron chi connectivity index (χ3n) is 9.82. The highest BCUT2D eigenvalue weighted by molar-refractivity contribution is 6.37. The highest BCUT2D eigenvalue weighted by atomic mass is 35.5. The molecule has 2 aromatic carbocycles. The van der Waals surface area contributed by atoms with E-state index in [4.69, 9.17) is 37.1 Å². The standard InChI is InChI=1S/C25H23ClN4O3.C19H11ClN2O4/c26-18-3-5-22-20(12-18)21(25(32)29-22)13-19-4-6-23(33-19)16-11-17(15-27-14-16)24(31)28-7-10-30-8-1-2-9-30;20-12-1-3-16-14(6-12)15(18(23)22-16)7-13-2-4-17(26-13)10-5-11(19(24)25)9-21-8-10/h3-6,11-15H,1-2,7-10H2,(H,28,31)(H,29,32);1-9H,(H,22,23)(H,24,25)/b21-13+;15-7+. The fraction of sp³-hybridized carbons (Fsp3) is 0.136. The molecule has 9 rings (SSSR count). The number of fused-ring (bicyclic) bond motifs is 2. The average Bonchev–Trinajstić information content (AvgIpc) is 4.09. The van der Waals surface area contributed by atoms with E-state index in [2.05, 4.69) is 30.8 Å². The van der Waals surface area contributed by atoms with Gasteiger partial charge in [-0.3, -0.25) is 24.4 Å². The zero-order valence-corrected chi connectivity index (χ0v) is 32.6. The number of hydrogen-bond donors (Lipinski definition) is 4. The van der Waals surface area contributed by atoms with Crippen molar-refractivity contribution in [2.45, 2.75) is 12.8 Å². The molecule has 0 spiro atoms. The van der Waals surface area contributed by atoms with Crippen LogP contribution in [0.5, 0.6) is 0 Å². The number of carboxylic acids is 1. The van der Waals surface area contributed by atoms with Gasteiger partial charge in [-0.05, 0) is 111 Å². The summed E-state index contributed by atoms with van der Waals surface area (Å²) in [5.41, 5.74) is 5.54. The van der Waals surface area contributed by atoms with Gasteiger partial charge in [0.2, 0.25) is 0 Å². The first-order valence-electron chi connectivity index (χ1n) is 18.6. The SMILES string of the molecule is O=C1Nc2ccc(Cl)cc2/C1=C\c1ccc(-c2cncc(C(=O)NCCN3CCCC3)c2)o1.O=C1Nc2ccc(Cl)cc2/C1=C\c1ccc(-c2cncc(C(=O)O)c2)o1. The third-order valence-corrected chi connectivity index (χ3v) is 10.3. The molecule has 0 radical (unpaired) electrons. The quantitative estimate of drug-likeness (QED) is 0.103. The molecule has 4 N–H and O–H groups in total. The number of amides is 3. The predicted octanol–water partition coefficient (Wildman–Crippen LogP) is 8.50. The number of rotatable bonds is 9. The lowest BCUT2D eigenvalue weighted by molar-refractivity contribution is -0.111. The summed E-state index contributed by atoms with van der Waals surface area (Å²) in [6, 6.07) is 20.6. The van der Waals surface area contributed by atoms with E-state index in [9.17, 15) is 19.2 Å². The van der Waals surface area contributed by atoms with Crippen molar-refractivity contribution in [2.24, 2.45) is 0 Å². The topological polar surface area (TPSA) is 180 Å². The fourth-order valence-electron chi connectivity index (χ4n) is 6.89. The van der Waals surface area contributed by atoms with Gasteiger partial charge in [0, 0.05) is 81.6 Å². The van der Waals surface area contributed by atoms with Crippen LogP contribution in [0.4, 0.5) is 11.4 Å². The lowest BCUT2D eigenvalue weighted by atomic mass is 10.1. The van der Waals surface area contributed by atoms with Crippen LogP contribution in [0, 0.1) is 0 Å². The number of hydrogen-bond acceptors (Lipinski definition) is 9. The number of aromatic carboxylic acids is 1. The predicted molar refractivity (Wildman–Crippen MR) is 225 cm³/mol. The van der Waals surface area contributed by atoms with Crippen molar-refractivity contribution in [2.75, 3.05) is 36.8 Å². The summed E-state index contributed by atoms with van der Waals surface area (Å²) in [6.07, 6.45) is 11.7. The minimum Gasteiger partial charge on any atom is -0.478 e. The van der Waals surface area contributed by atoms with E-state index in [1.54, 1.807) is 91.3 Å².